The first-order chi connectivity index (χ1) is 8.22. The van der Waals surface area contributed by atoms with Crippen LogP contribution in [0.3, 0.4) is 0 Å². The minimum Gasteiger partial charge on any atom is -0.375 e. The van der Waals surface area contributed by atoms with Gasteiger partial charge in [0.25, 0.3) is 0 Å². The molecule has 0 aromatic heterocycles. The van der Waals surface area contributed by atoms with Crippen LogP contribution in [0.25, 0.3) is 0 Å². The maximum absolute atomic E-state index is 4.11. The Morgan fingerprint density at radius 1 is 1.41 bits per heavy atom. The quantitative estimate of drug-likeness (QED) is 0.621. The first kappa shape index (κ1) is 12.7. The van der Waals surface area contributed by atoms with Crippen LogP contribution in [0.15, 0.2) is 24.4 Å². The number of allylic oxidation sites excluding steroid dienone is 3. The van der Waals surface area contributed by atoms with Gasteiger partial charge in [0.1, 0.15) is 0 Å². The van der Waals surface area contributed by atoms with Crippen LogP contribution in [0.2, 0.25) is 0 Å². The summed E-state index contributed by atoms with van der Waals surface area (Å²) in [5.41, 5.74) is 1.25. The van der Waals surface area contributed by atoms with Gasteiger partial charge in [-0.1, -0.05) is 25.7 Å². The zero-order valence-corrected chi connectivity index (χ0v) is 11.5. The predicted molar refractivity (Wildman–Crippen MR) is 74.8 cm³/mol. The molecule has 96 valence electrons. The topological polar surface area (TPSA) is 3.24 Å². The van der Waals surface area contributed by atoms with Gasteiger partial charge in [-0.25, -0.2) is 0 Å². The zero-order chi connectivity index (χ0) is 12.3. The van der Waals surface area contributed by atoms with E-state index in [4.69, 9.17) is 0 Å². The molecule has 1 nitrogen and oxygen atoms in total. The summed E-state index contributed by atoms with van der Waals surface area (Å²) in [6.45, 7) is 11.0. The summed E-state index contributed by atoms with van der Waals surface area (Å²) < 4.78 is 0. The minimum absolute atomic E-state index is 0.953. The van der Waals surface area contributed by atoms with Crippen molar-refractivity contribution in [3.63, 3.8) is 0 Å². The van der Waals surface area contributed by atoms with Crippen molar-refractivity contribution in [2.24, 2.45) is 17.8 Å². The molecule has 3 unspecified atom stereocenters. The maximum atomic E-state index is 4.11. The van der Waals surface area contributed by atoms with Gasteiger partial charge in [-0.2, -0.15) is 0 Å². The summed E-state index contributed by atoms with van der Waals surface area (Å²) in [6, 6.07) is 0. The van der Waals surface area contributed by atoms with Crippen molar-refractivity contribution >= 4 is 0 Å². The van der Waals surface area contributed by atoms with E-state index in [2.05, 4.69) is 37.5 Å². The van der Waals surface area contributed by atoms with Gasteiger partial charge in [0.15, 0.2) is 0 Å². The van der Waals surface area contributed by atoms with Crippen molar-refractivity contribution in [3.05, 3.63) is 24.4 Å². The van der Waals surface area contributed by atoms with Crippen LogP contribution in [0.5, 0.6) is 0 Å². The zero-order valence-electron chi connectivity index (χ0n) is 11.5. The Morgan fingerprint density at radius 3 is 2.82 bits per heavy atom. The summed E-state index contributed by atoms with van der Waals surface area (Å²) in [5, 5.41) is 0. The minimum atomic E-state index is 0.953. The molecular weight excluding hydrogens is 206 g/mol. The van der Waals surface area contributed by atoms with E-state index < -0.39 is 0 Å². The fourth-order valence-electron chi connectivity index (χ4n) is 3.26. The number of nitrogens with zero attached hydrogens (tertiary/aromatic N) is 1. The smallest absolute Gasteiger partial charge is 0.0205 e. The standard InChI is InChI=1S/C16H27N/c1-4-10-17(13(2)3)12-15-11-16(15)14-8-6-5-7-9-14/h5-6,14-16H,2,4,7-12H2,1,3H3. The van der Waals surface area contributed by atoms with Crippen LogP contribution in [0.4, 0.5) is 0 Å². The van der Waals surface area contributed by atoms with Crippen LogP contribution in [0.1, 0.15) is 46.0 Å². The average molecular weight is 233 g/mol. The Labute approximate surface area is 107 Å². The number of rotatable bonds is 6. The van der Waals surface area contributed by atoms with Crippen LogP contribution in [-0.4, -0.2) is 18.0 Å². The van der Waals surface area contributed by atoms with Gasteiger partial charge in [0, 0.05) is 18.8 Å². The molecule has 0 spiro atoms. The Balaban J connectivity index is 1.77. The van der Waals surface area contributed by atoms with Gasteiger partial charge in [-0.3, -0.25) is 0 Å². The Bertz CT molecular complexity index is 292. The van der Waals surface area contributed by atoms with Gasteiger partial charge >= 0.3 is 0 Å². The molecule has 0 aromatic carbocycles. The van der Waals surface area contributed by atoms with Crippen molar-refractivity contribution in [2.75, 3.05) is 13.1 Å². The summed E-state index contributed by atoms with van der Waals surface area (Å²) >= 11 is 0. The van der Waals surface area contributed by atoms with E-state index >= 15 is 0 Å². The van der Waals surface area contributed by atoms with Crippen LogP contribution in [-0.2, 0) is 0 Å². The molecule has 1 fully saturated rings. The fourth-order valence-corrected chi connectivity index (χ4v) is 3.26. The molecule has 0 aromatic rings. The molecule has 1 saturated carbocycles. The number of hydrogen-bond donors (Lipinski definition) is 0. The third-order valence-electron chi connectivity index (χ3n) is 4.38. The van der Waals surface area contributed by atoms with Crippen molar-refractivity contribution in [1.29, 1.82) is 0 Å². The molecule has 2 aliphatic rings. The lowest BCUT2D eigenvalue weighted by molar-refractivity contribution is 0.305. The summed E-state index contributed by atoms with van der Waals surface area (Å²) in [7, 11) is 0. The number of hydrogen-bond acceptors (Lipinski definition) is 1. The highest BCUT2D eigenvalue weighted by Gasteiger charge is 2.42. The van der Waals surface area contributed by atoms with Crippen molar-refractivity contribution in [2.45, 2.75) is 46.0 Å². The van der Waals surface area contributed by atoms with Gasteiger partial charge in [-0.05, 0) is 56.8 Å². The first-order valence-corrected chi connectivity index (χ1v) is 7.27. The average Bonchev–Trinajstić information content (AvgIpc) is 3.09. The molecule has 1 heteroatoms. The van der Waals surface area contributed by atoms with E-state index in [0.29, 0.717) is 0 Å². The van der Waals surface area contributed by atoms with Gasteiger partial charge in [-0.15, -0.1) is 0 Å². The predicted octanol–water partition coefficient (Wildman–Crippen LogP) is 4.22. The van der Waals surface area contributed by atoms with E-state index in [1.807, 2.05) is 0 Å². The molecule has 0 aliphatic heterocycles. The van der Waals surface area contributed by atoms with Gasteiger partial charge in [0.2, 0.25) is 0 Å². The van der Waals surface area contributed by atoms with Gasteiger partial charge in [0.05, 0.1) is 0 Å². The third-order valence-corrected chi connectivity index (χ3v) is 4.38. The van der Waals surface area contributed by atoms with E-state index in [-0.39, 0.29) is 0 Å². The molecule has 17 heavy (non-hydrogen) atoms. The summed E-state index contributed by atoms with van der Waals surface area (Å²) in [6.07, 6.45) is 11.5. The molecule has 3 atom stereocenters. The molecule has 0 N–H and O–H groups in total. The first-order valence-electron chi connectivity index (χ1n) is 7.27. The lowest BCUT2D eigenvalue weighted by Crippen LogP contribution is -2.25. The van der Waals surface area contributed by atoms with Crippen molar-refractivity contribution in [1.82, 2.24) is 4.90 Å². The van der Waals surface area contributed by atoms with Gasteiger partial charge < -0.3 is 4.90 Å². The Hall–Kier alpha value is -0.720. The van der Waals surface area contributed by atoms with Crippen molar-refractivity contribution < 1.29 is 0 Å². The fraction of sp³-hybridized carbons (Fsp3) is 0.750. The second-order valence-corrected chi connectivity index (χ2v) is 5.89. The molecule has 0 amide bonds. The maximum Gasteiger partial charge on any atom is 0.0205 e. The Morgan fingerprint density at radius 2 is 2.24 bits per heavy atom. The lowest BCUT2D eigenvalue weighted by atomic mass is 9.89. The lowest BCUT2D eigenvalue weighted by Gasteiger charge is -2.25. The van der Waals surface area contributed by atoms with Crippen LogP contribution >= 0.6 is 0 Å². The molecule has 2 rings (SSSR count). The molecule has 0 radical (unpaired) electrons. The normalized spacial score (nSPS) is 31.3. The molecular formula is C16H27N. The second-order valence-electron chi connectivity index (χ2n) is 5.89. The SMILES string of the molecule is C=C(C)N(CCC)CC1CC1C1CC=CCC1. The highest BCUT2D eigenvalue weighted by atomic mass is 15.1. The van der Waals surface area contributed by atoms with Crippen molar-refractivity contribution in [3.8, 4) is 0 Å². The van der Waals surface area contributed by atoms with Crippen LogP contribution in [0, 0.1) is 17.8 Å². The molecule has 2 aliphatic carbocycles. The highest BCUT2D eigenvalue weighted by Crippen LogP contribution is 2.48. The van der Waals surface area contributed by atoms with Crippen LogP contribution < -0.4 is 0 Å². The van der Waals surface area contributed by atoms with E-state index in [1.54, 1.807) is 0 Å². The molecule has 0 saturated heterocycles. The largest absolute Gasteiger partial charge is 0.375 e. The second kappa shape index (κ2) is 5.75. The summed E-state index contributed by atoms with van der Waals surface area (Å²) in [5.74, 6) is 2.95. The highest BCUT2D eigenvalue weighted by molar-refractivity contribution is 5.01. The molecule has 0 bridgehead atoms. The third kappa shape index (κ3) is 3.37. The Kier molecular flexibility index (Phi) is 4.31. The summed E-state index contributed by atoms with van der Waals surface area (Å²) in [4.78, 5) is 2.49. The molecule has 0 heterocycles. The van der Waals surface area contributed by atoms with E-state index in [0.717, 1.165) is 17.8 Å². The van der Waals surface area contributed by atoms with E-state index in [1.165, 1.54) is 50.9 Å². The monoisotopic (exact) mass is 233 g/mol. The van der Waals surface area contributed by atoms with E-state index in [9.17, 15) is 0 Å².